The summed E-state index contributed by atoms with van der Waals surface area (Å²) in [5.74, 6) is 0. The van der Waals surface area contributed by atoms with E-state index >= 15 is 0 Å². The summed E-state index contributed by atoms with van der Waals surface area (Å²) >= 11 is 0. The van der Waals surface area contributed by atoms with Crippen molar-refractivity contribution in [3.8, 4) is 0 Å². The Bertz CT molecular complexity index is 584. The molecule has 2 rings (SSSR count). The van der Waals surface area contributed by atoms with E-state index in [1.807, 2.05) is 0 Å². The fraction of sp³-hybridized carbons (Fsp3) is 0.941. The topological polar surface area (TPSA) is 100 Å². The number of hydrogen-bond acceptors (Lipinski definition) is 6. The van der Waals surface area contributed by atoms with Crippen molar-refractivity contribution in [3.05, 3.63) is 0 Å². The number of piperidine rings is 2. The van der Waals surface area contributed by atoms with Crippen LogP contribution in [-0.4, -0.2) is 88.3 Å². The van der Waals surface area contributed by atoms with Gasteiger partial charge in [-0.25, -0.2) is 4.79 Å². The third kappa shape index (κ3) is 7.31. The first-order valence-electron chi connectivity index (χ1n) is 9.70. The fourth-order valence-corrected chi connectivity index (χ4v) is 4.26. The lowest BCUT2D eigenvalue weighted by Gasteiger charge is -2.41. The van der Waals surface area contributed by atoms with Crippen LogP contribution < -0.4 is 10.0 Å². The number of rotatable bonds is 7. The van der Waals surface area contributed by atoms with Crippen molar-refractivity contribution in [3.63, 3.8) is 0 Å². The number of carbonyl (C=O) groups is 1. The molecular formula is C17H35ClN4O5S. The number of carbonyl (C=O) groups excluding carboxylic acids is 1. The minimum atomic E-state index is -3.61. The van der Waals surface area contributed by atoms with Crippen LogP contribution in [0.2, 0.25) is 0 Å². The first-order valence-corrected chi connectivity index (χ1v) is 11.1. The molecule has 28 heavy (non-hydrogen) atoms. The normalized spacial score (nSPS) is 24.3. The molecule has 0 aliphatic carbocycles. The van der Waals surface area contributed by atoms with E-state index in [1.165, 1.54) is 14.1 Å². The first-order chi connectivity index (χ1) is 12.7. The number of halogens is 1. The summed E-state index contributed by atoms with van der Waals surface area (Å²) in [4.78, 5) is 14.2. The maximum Gasteiger partial charge on any atom is 0.410 e. The minimum Gasteiger partial charge on any atom is -0.447 e. The summed E-state index contributed by atoms with van der Waals surface area (Å²) < 4.78 is 40.0. The van der Waals surface area contributed by atoms with Gasteiger partial charge in [0.2, 0.25) is 0 Å². The monoisotopic (exact) mass is 442 g/mol. The van der Waals surface area contributed by atoms with E-state index in [0.717, 1.165) is 30.2 Å². The van der Waals surface area contributed by atoms with Gasteiger partial charge < -0.3 is 19.7 Å². The molecule has 2 unspecified atom stereocenters. The average Bonchev–Trinajstić information content (AvgIpc) is 2.60. The number of nitrogens with zero attached hydrogens (tertiary/aromatic N) is 2. The predicted molar refractivity (Wildman–Crippen MR) is 110 cm³/mol. The van der Waals surface area contributed by atoms with Crippen molar-refractivity contribution in [1.82, 2.24) is 19.2 Å². The van der Waals surface area contributed by atoms with Gasteiger partial charge in [0.15, 0.2) is 0 Å². The highest BCUT2D eigenvalue weighted by molar-refractivity contribution is 7.87. The van der Waals surface area contributed by atoms with Gasteiger partial charge in [-0.05, 0) is 52.6 Å². The highest BCUT2D eigenvalue weighted by Crippen LogP contribution is 2.22. The summed E-state index contributed by atoms with van der Waals surface area (Å²) in [6.45, 7) is 6.24. The molecule has 2 heterocycles. The Hall–Kier alpha value is -0.650. The molecule has 2 saturated heterocycles. The Morgan fingerprint density at radius 3 is 2.46 bits per heavy atom. The van der Waals surface area contributed by atoms with Gasteiger partial charge in [-0.3, -0.25) is 0 Å². The standard InChI is InChI=1S/C17H34N4O5S.ClH/c1-13(2)26-17(22)21-11-5-6-15(19-27(23,24)20(3)4)16(21)12-25-14-7-9-18-10-8-14;/h13-16,18-19H,5-12H2,1-4H3;1H. The molecule has 2 atom stereocenters. The lowest BCUT2D eigenvalue weighted by atomic mass is 9.98. The van der Waals surface area contributed by atoms with Crippen LogP contribution in [0, 0.1) is 0 Å². The SMILES string of the molecule is CC(C)OC(=O)N1CCCC(NS(=O)(=O)N(C)C)C1COC1CCNCC1.Cl. The van der Waals surface area contributed by atoms with Gasteiger partial charge in [-0.15, -0.1) is 12.4 Å². The molecule has 9 nitrogen and oxygen atoms in total. The zero-order valence-electron chi connectivity index (χ0n) is 17.2. The van der Waals surface area contributed by atoms with Crippen molar-refractivity contribution < 1.29 is 22.7 Å². The van der Waals surface area contributed by atoms with Gasteiger partial charge in [0.05, 0.1) is 24.9 Å². The van der Waals surface area contributed by atoms with Gasteiger partial charge in [0.1, 0.15) is 0 Å². The van der Waals surface area contributed by atoms with E-state index in [-0.39, 0.29) is 24.6 Å². The highest BCUT2D eigenvalue weighted by atomic mass is 35.5. The van der Waals surface area contributed by atoms with E-state index < -0.39 is 28.4 Å². The van der Waals surface area contributed by atoms with E-state index in [1.54, 1.807) is 18.7 Å². The molecule has 2 aliphatic heterocycles. The molecule has 0 spiro atoms. The van der Waals surface area contributed by atoms with Crippen LogP contribution in [-0.2, 0) is 19.7 Å². The van der Waals surface area contributed by atoms with Crippen molar-refractivity contribution >= 4 is 28.7 Å². The first kappa shape index (κ1) is 25.4. The Labute approximate surface area is 175 Å². The van der Waals surface area contributed by atoms with Crippen LogP contribution in [0.4, 0.5) is 4.79 Å². The number of amides is 1. The lowest BCUT2D eigenvalue weighted by Crippen LogP contribution is -2.60. The van der Waals surface area contributed by atoms with Crippen LogP contribution in [0.25, 0.3) is 0 Å². The summed E-state index contributed by atoms with van der Waals surface area (Å²) in [5.41, 5.74) is 0. The molecule has 11 heteroatoms. The smallest absolute Gasteiger partial charge is 0.410 e. The zero-order valence-corrected chi connectivity index (χ0v) is 18.9. The second-order valence-corrected chi connectivity index (χ2v) is 9.55. The molecule has 2 aliphatic rings. The maximum atomic E-state index is 12.6. The number of hydrogen-bond donors (Lipinski definition) is 2. The average molecular weight is 443 g/mol. The van der Waals surface area contributed by atoms with Crippen LogP contribution in [0.15, 0.2) is 0 Å². The second-order valence-electron chi connectivity index (χ2n) is 7.63. The predicted octanol–water partition coefficient (Wildman–Crippen LogP) is 0.951. The van der Waals surface area contributed by atoms with Crippen molar-refractivity contribution in [1.29, 1.82) is 0 Å². The molecule has 1 amide bonds. The van der Waals surface area contributed by atoms with Gasteiger partial charge in [-0.2, -0.15) is 17.4 Å². The van der Waals surface area contributed by atoms with E-state index in [4.69, 9.17) is 9.47 Å². The number of ether oxygens (including phenoxy) is 2. The molecule has 0 aromatic heterocycles. The third-order valence-electron chi connectivity index (χ3n) is 4.92. The van der Waals surface area contributed by atoms with Crippen LogP contribution in [0.3, 0.4) is 0 Å². The molecule has 166 valence electrons. The Morgan fingerprint density at radius 2 is 1.89 bits per heavy atom. The Morgan fingerprint density at radius 1 is 1.25 bits per heavy atom. The largest absolute Gasteiger partial charge is 0.447 e. The Balaban J connectivity index is 0.00000392. The second kappa shape index (κ2) is 11.5. The highest BCUT2D eigenvalue weighted by Gasteiger charge is 2.38. The van der Waals surface area contributed by atoms with Crippen molar-refractivity contribution in [2.24, 2.45) is 0 Å². The van der Waals surface area contributed by atoms with E-state index in [2.05, 4.69) is 10.0 Å². The Kier molecular flexibility index (Phi) is 10.4. The molecule has 2 fully saturated rings. The minimum absolute atomic E-state index is 0. The van der Waals surface area contributed by atoms with Crippen molar-refractivity contribution in [2.75, 3.05) is 40.3 Å². The van der Waals surface area contributed by atoms with Crippen molar-refractivity contribution in [2.45, 2.75) is 63.8 Å². The molecule has 0 aromatic rings. The summed E-state index contributed by atoms with van der Waals surface area (Å²) in [7, 11) is -0.642. The van der Waals surface area contributed by atoms with Gasteiger partial charge in [0.25, 0.3) is 10.2 Å². The van der Waals surface area contributed by atoms with E-state index in [9.17, 15) is 13.2 Å². The fourth-order valence-electron chi connectivity index (χ4n) is 3.39. The van der Waals surface area contributed by atoms with Gasteiger partial charge in [-0.1, -0.05) is 0 Å². The summed E-state index contributed by atoms with van der Waals surface area (Å²) in [6, 6.07) is -0.804. The van der Waals surface area contributed by atoms with Crippen LogP contribution in [0.5, 0.6) is 0 Å². The van der Waals surface area contributed by atoms with Crippen LogP contribution in [0.1, 0.15) is 39.5 Å². The quantitative estimate of drug-likeness (QED) is 0.608. The number of nitrogens with one attached hydrogen (secondary N) is 2. The summed E-state index contributed by atoms with van der Waals surface area (Å²) in [6.07, 6.45) is 2.66. The molecule has 0 radical (unpaired) electrons. The molecular weight excluding hydrogens is 408 g/mol. The number of likely N-dealkylation sites (tertiary alicyclic amines) is 1. The van der Waals surface area contributed by atoms with Gasteiger partial charge >= 0.3 is 6.09 Å². The van der Waals surface area contributed by atoms with Crippen LogP contribution >= 0.6 is 12.4 Å². The lowest BCUT2D eigenvalue weighted by molar-refractivity contribution is -0.0259. The molecule has 0 saturated carbocycles. The molecule has 0 aromatic carbocycles. The molecule has 0 bridgehead atoms. The third-order valence-corrected chi connectivity index (χ3v) is 6.48. The maximum absolute atomic E-state index is 12.6. The summed E-state index contributed by atoms with van der Waals surface area (Å²) in [5, 5.41) is 3.29. The van der Waals surface area contributed by atoms with Gasteiger partial charge in [0, 0.05) is 26.7 Å². The van der Waals surface area contributed by atoms with E-state index in [0.29, 0.717) is 26.0 Å². The zero-order chi connectivity index (χ0) is 20.0. The molecule has 2 N–H and O–H groups in total.